The molecule has 0 radical (unpaired) electrons. The van der Waals surface area contributed by atoms with Crippen LogP contribution in [0.1, 0.15) is 16.5 Å². The Bertz CT molecular complexity index is 619. The normalized spacial score (nSPS) is 12.1. The van der Waals surface area contributed by atoms with Crippen molar-refractivity contribution in [1.82, 2.24) is 0 Å². The molecule has 0 spiro atoms. The van der Waals surface area contributed by atoms with E-state index in [4.69, 9.17) is 21.1 Å². The summed E-state index contributed by atoms with van der Waals surface area (Å²) in [5, 5.41) is -0.661. The van der Waals surface area contributed by atoms with Gasteiger partial charge in [0.2, 0.25) is 0 Å². The van der Waals surface area contributed by atoms with Gasteiger partial charge in [0.05, 0.1) is 25.2 Å². The lowest BCUT2D eigenvalue weighted by Crippen LogP contribution is -2.02. The minimum Gasteiger partial charge on any atom is -0.497 e. The Morgan fingerprint density at radius 3 is 2.50 bits per heavy atom. The van der Waals surface area contributed by atoms with Crippen molar-refractivity contribution in [1.29, 1.82) is 0 Å². The Hall–Kier alpha value is -1.26. The Morgan fingerprint density at radius 2 is 1.90 bits per heavy atom. The van der Waals surface area contributed by atoms with Crippen LogP contribution in [0.4, 0.5) is 4.39 Å². The first-order valence-corrected chi connectivity index (χ1v) is 7.11. The summed E-state index contributed by atoms with van der Waals surface area (Å²) in [6, 6.07) is 10.0. The van der Waals surface area contributed by atoms with Crippen LogP contribution < -0.4 is 9.47 Å². The molecule has 1 atom stereocenters. The highest BCUT2D eigenvalue weighted by atomic mass is 79.9. The summed E-state index contributed by atoms with van der Waals surface area (Å²) in [6.45, 7) is 0. The second kappa shape index (κ2) is 6.46. The summed E-state index contributed by atoms with van der Waals surface area (Å²) >= 11 is 9.86. The van der Waals surface area contributed by atoms with Crippen LogP contribution in [0.2, 0.25) is 0 Å². The smallest absolute Gasteiger partial charge is 0.131 e. The molecule has 0 saturated carbocycles. The second-order valence-corrected chi connectivity index (χ2v) is 5.40. The van der Waals surface area contributed by atoms with Crippen LogP contribution in [-0.4, -0.2) is 14.2 Å². The maximum Gasteiger partial charge on any atom is 0.131 e. The Morgan fingerprint density at radius 1 is 1.15 bits per heavy atom. The third-order valence-corrected chi connectivity index (χ3v) is 4.11. The van der Waals surface area contributed by atoms with Gasteiger partial charge in [-0.15, -0.1) is 11.6 Å². The maximum atomic E-state index is 14.0. The summed E-state index contributed by atoms with van der Waals surface area (Å²) in [5.41, 5.74) is 1.07. The molecule has 0 aromatic heterocycles. The molecule has 0 heterocycles. The highest BCUT2D eigenvalue weighted by molar-refractivity contribution is 9.10. The second-order valence-electron chi connectivity index (χ2n) is 4.11. The molecule has 1 unspecified atom stereocenters. The molecule has 20 heavy (non-hydrogen) atoms. The maximum absolute atomic E-state index is 14.0. The lowest BCUT2D eigenvalue weighted by atomic mass is 10.0. The molecular formula is C15H13BrClFO2. The van der Waals surface area contributed by atoms with Crippen molar-refractivity contribution in [2.45, 2.75) is 5.38 Å². The minimum atomic E-state index is -0.661. The Kier molecular flexibility index (Phi) is 4.89. The largest absolute Gasteiger partial charge is 0.497 e. The van der Waals surface area contributed by atoms with Crippen molar-refractivity contribution in [3.05, 3.63) is 57.8 Å². The highest BCUT2D eigenvalue weighted by Gasteiger charge is 2.22. The van der Waals surface area contributed by atoms with E-state index in [0.29, 0.717) is 17.1 Å². The molecule has 106 valence electrons. The lowest BCUT2D eigenvalue weighted by molar-refractivity contribution is 0.405. The third kappa shape index (κ3) is 2.91. The van der Waals surface area contributed by atoms with E-state index >= 15 is 0 Å². The molecule has 0 amide bonds. The number of methoxy groups -OCH3 is 2. The van der Waals surface area contributed by atoms with E-state index in [0.717, 1.165) is 10.0 Å². The van der Waals surface area contributed by atoms with Gasteiger partial charge in [0.25, 0.3) is 0 Å². The molecule has 2 aromatic carbocycles. The molecule has 0 aliphatic carbocycles. The van der Waals surface area contributed by atoms with Crippen LogP contribution in [0.25, 0.3) is 0 Å². The highest BCUT2D eigenvalue weighted by Crippen LogP contribution is 2.40. The zero-order valence-electron chi connectivity index (χ0n) is 11.0. The van der Waals surface area contributed by atoms with Crippen LogP contribution in [0.3, 0.4) is 0 Å². The molecule has 2 rings (SSSR count). The predicted molar refractivity (Wildman–Crippen MR) is 81.3 cm³/mol. The number of halogens is 3. The number of hydrogen-bond donors (Lipinski definition) is 0. The Balaban J connectivity index is 2.49. The minimum absolute atomic E-state index is 0.322. The van der Waals surface area contributed by atoms with E-state index in [1.54, 1.807) is 37.4 Å². The van der Waals surface area contributed by atoms with Crippen molar-refractivity contribution in [2.24, 2.45) is 0 Å². The van der Waals surface area contributed by atoms with E-state index in [1.165, 1.54) is 13.2 Å². The molecular weight excluding hydrogens is 347 g/mol. The fraction of sp³-hybridized carbons (Fsp3) is 0.200. The first-order chi connectivity index (χ1) is 9.58. The predicted octanol–water partition coefficient (Wildman–Crippen LogP) is 4.93. The zero-order chi connectivity index (χ0) is 14.7. The quantitative estimate of drug-likeness (QED) is 0.720. The van der Waals surface area contributed by atoms with Crippen LogP contribution >= 0.6 is 27.5 Å². The topological polar surface area (TPSA) is 18.5 Å². The number of benzene rings is 2. The number of hydrogen-bond acceptors (Lipinski definition) is 2. The van der Waals surface area contributed by atoms with Gasteiger partial charge in [0.15, 0.2) is 0 Å². The molecule has 2 aromatic rings. The van der Waals surface area contributed by atoms with Gasteiger partial charge in [-0.25, -0.2) is 4.39 Å². The van der Waals surface area contributed by atoms with Gasteiger partial charge in [0, 0.05) is 4.47 Å². The summed E-state index contributed by atoms with van der Waals surface area (Å²) in [7, 11) is 3.07. The third-order valence-electron chi connectivity index (χ3n) is 2.97. The summed E-state index contributed by atoms with van der Waals surface area (Å²) in [5.74, 6) is 0.727. The fourth-order valence-electron chi connectivity index (χ4n) is 1.94. The van der Waals surface area contributed by atoms with Crippen molar-refractivity contribution in [2.75, 3.05) is 14.2 Å². The number of ether oxygens (including phenoxy) is 2. The summed E-state index contributed by atoms with van der Waals surface area (Å²) in [6.07, 6.45) is 0. The first kappa shape index (κ1) is 15.1. The molecule has 0 fully saturated rings. The number of rotatable bonds is 4. The van der Waals surface area contributed by atoms with Crippen molar-refractivity contribution < 1.29 is 13.9 Å². The van der Waals surface area contributed by atoms with Crippen LogP contribution in [-0.2, 0) is 0 Å². The molecule has 0 N–H and O–H groups in total. The standard InChI is InChI=1S/C15H13BrClFO2/c1-19-9-6-7-10(11(16)8-9)15(17)14-12(18)4-3-5-13(14)20-2/h3-8,15H,1-2H3. The van der Waals surface area contributed by atoms with E-state index in [-0.39, 0.29) is 0 Å². The first-order valence-electron chi connectivity index (χ1n) is 5.88. The fourth-order valence-corrected chi connectivity index (χ4v) is 3.06. The molecule has 2 nitrogen and oxygen atoms in total. The molecule has 0 saturated heterocycles. The number of alkyl halides is 1. The van der Waals surface area contributed by atoms with Crippen molar-refractivity contribution in [3.63, 3.8) is 0 Å². The monoisotopic (exact) mass is 358 g/mol. The van der Waals surface area contributed by atoms with Gasteiger partial charge in [-0.3, -0.25) is 0 Å². The van der Waals surface area contributed by atoms with Gasteiger partial charge in [-0.1, -0.05) is 28.1 Å². The van der Waals surface area contributed by atoms with Gasteiger partial charge in [-0.2, -0.15) is 0 Å². The average molecular weight is 360 g/mol. The molecule has 0 aliphatic heterocycles. The van der Waals surface area contributed by atoms with E-state index in [1.807, 2.05) is 0 Å². The van der Waals surface area contributed by atoms with E-state index in [2.05, 4.69) is 15.9 Å². The van der Waals surface area contributed by atoms with E-state index < -0.39 is 11.2 Å². The average Bonchev–Trinajstić information content (AvgIpc) is 2.46. The Labute approximate surface area is 130 Å². The van der Waals surface area contributed by atoms with Crippen molar-refractivity contribution in [3.8, 4) is 11.5 Å². The van der Waals surface area contributed by atoms with Crippen molar-refractivity contribution >= 4 is 27.5 Å². The molecule has 0 aliphatic rings. The van der Waals surface area contributed by atoms with Crippen LogP contribution in [0.15, 0.2) is 40.9 Å². The zero-order valence-corrected chi connectivity index (χ0v) is 13.3. The summed E-state index contributed by atoms with van der Waals surface area (Å²) in [4.78, 5) is 0. The van der Waals surface area contributed by atoms with Gasteiger partial charge < -0.3 is 9.47 Å². The van der Waals surface area contributed by atoms with Gasteiger partial charge in [-0.05, 0) is 29.8 Å². The summed E-state index contributed by atoms with van der Waals surface area (Å²) < 4.78 is 25.1. The molecule has 0 bridgehead atoms. The molecule has 5 heteroatoms. The van der Waals surface area contributed by atoms with Crippen LogP contribution in [0.5, 0.6) is 11.5 Å². The van der Waals surface area contributed by atoms with Gasteiger partial charge >= 0.3 is 0 Å². The SMILES string of the molecule is COc1ccc(C(Cl)c2c(F)cccc2OC)c(Br)c1. The lowest BCUT2D eigenvalue weighted by Gasteiger charge is -2.17. The van der Waals surface area contributed by atoms with E-state index in [9.17, 15) is 4.39 Å². The van der Waals surface area contributed by atoms with Gasteiger partial charge in [0.1, 0.15) is 17.3 Å². The van der Waals surface area contributed by atoms with Crippen LogP contribution in [0, 0.1) is 5.82 Å².